The first-order chi connectivity index (χ1) is 17.0. The van der Waals surface area contributed by atoms with Gasteiger partial charge < -0.3 is 15.0 Å². The third-order valence-electron chi connectivity index (χ3n) is 5.33. The molecule has 0 saturated heterocycles. The molecule has 0 bridgehead atoms. The molecule has 2 amide bonds. The number of nitrogens with zero attached hydrogens (tertiary/aromatic N) is 6. The number of benzene rings is 1. The van der Waals surface area contributed by atoms with Crippen molar-refractivity contribution < 1.29 is 27.5 Å². The first kappa shape index (κ1) is 24.7. The summed E-state index contributed by atoms with van der Waals surface area (Å²) in [6.45, 7) is 2.14. The molecular formula is C23H22F3N7O3. The van der Waals surface area contributed by atoms with Gasteiger partial charge in [-0.25, -0.2) is 9.50 Å². The average Bonchev–Trinajstić information content (AvgIpc) is 3.46. The molecule has 3 aromatic heterocycles. The van der Waals surface area contributed by atoms with E-state index >= 15 is 0 Å². The fraction of sp³-hybridized carbons (Fsp3) is 0.261. The Balaban J connectivity index is 1.75. The van der Waals surface area contributed by atoms with E-state index in [1.165, 1.54) is 22.9 Å². The minimum atomic E-state index is -4.77. The van der Waals surface area contributed by atoms with E-state index in [-0.39, 0.29) is 28.4 Å². The smallest absolute Gasteiger partial charge is 0.433 e. The van der Waals surface area contributed by atoms with Crippen LogP contribution in [0.25, 0.3) is 16.9 Å². The fourth-order valence-corrected chi connectivity index (χ4v) is 3.54. The molecule has 0 radical (unpaired) electrons. The minimum absolute atomic E-state index is 0.0485. The molecule has 1 aromatic carbocycles. The number of aromatic nitrogens is 5. The summed E-state index contributed by atoms with van der Waals surface area (Å²) in [6.07, 6.45) is -3.47. The van der Waals surface area contributed by atoms with Crippen LogP contribution in [-0.4, -0.2) is 62.3 Å². The van der Waals surface area contributed by atoms with Gasteiger partial charge in [0.25, 0.3) is 11.8 Å². The lowest BCUT2D eigenvalue weighted by molar-refractivity contribution is -0.142. The number of fused-ring (bicyclic) bond motifs is 1. The number of halogens is 3. The molecule has 0 aliphatic carbocycles. The summed E-state index contributed by atoms with van der Waals surface area (Å²) in [5.41, 5.74) is -0.861. The van der Waals surface area contributed by atoms with Gasteiger partial charge >= 0.3 is 6.18 Å². The van der Waals surface area contributed by atoms with Gasteiger partial charge in [0, 0.05) is 32.3 Å². The van der Waals surface area contributed by atoms with Crippen molar-refractivity contribution in [3.63, 3.8) is 0 Å². The molecule has 0 saturated carbocycles. The Hall–Kier alpha value is -4.42. The summed E-state index contributed by atoms with van der Waals surface area (Å²) in [5, 5.41) is 10.5. The number of rotatable bonds is 6. The topological polar surface area (TPSA) is 107 Å². The van der Waals surface area contributed by atoms with Crippen molar-refractivity contribution >= 4 is 23.1 Å². The molecule has 4 rings (SSSR count). The van der Waals surface area contributed by atoms with Crippen LogP contribution >= 0.6 is 0 Å². The standard InChI is InChI=1S/C23H22F3N7O3/c1-5-32-20(22(35)31(2)3)17(12-27-32)29-21(34)16-11-19-28-15(13-6-8-14(36-4)9-7-13)10-18(23(24,25)26)33(19)30-16/h6-12H,5H2,1-4H3,(H,29,34). The van der Waals surface area contributed by atoms with Crippen molar-refractivity contribution in [3.8, 4) is 17.0 Å². The molecule has 3 heterocycles. The third kappa shape index (κ3) is 4.59. The number of amides is 2. The molecule has 36 heavy (non-hydrogen) atoms. The maximum absolute atomic E-state index is 13.9. The lowest BCUT2D eigenvalue weighted by atomic mass is 10.1. The molecule has 1 N–H and O–H groups in total. The number of anilines is 1. The Morgan fingerprint density at radius 2 is 1.83 bits per heavy atom. The molecule has 0 unspecified atom stereocenters. The maximum atomic E-state index is 13.9. The van der Waals surface area contributed by atoms with Crippen LogP contribution in [0.15, 0.2) is 42.6 Å². The number of hydrogen-bond acceptors (Lipinski definition) is 6. The number of alkyl halides is 3. The van der Waals surface area contributed by atoms with Crippen LogP contribution in [0.5, 0.6) is 5.75 Å². The van der Waals surface area contributed by atoms with Gasteiger partial charge in [-0.05, 0) is 37.3 Å². The molecule has 10 nitrogen and oxygen atoms in total. The summed E-state index contributed by atoms with van der Waals surface area (Å²) in [7, 11) is 4.58. The zero-order valence-electron chi connectivity index (χ0n) is 19.8. The molecule has 4 aromatic rings. The lowest BCUT2D eigenvalue weighted by Gasteiger charge is -2.13. The fourth-order valence-electron chi connectivity index (χ4n) is 3.54. The Morgan fingerprint density at radius 1 is 1.14 bits per heavy atom. The number of hydrogen-bond donors (Lipinski definition) is 1. The van der Waals surface area contributed by atoms with Gasteiger partial charge in [0.15, 0.2) is 17.0 Å². The van der Waals surface area contributed by atoms with Crippen LogP contribution in [0.3, 0.4) is 0 Å². The predicted molar refractivity (Wildman–Crippen MR) is 124 cm³/mol. The zero-order chi connectivity index (χ0) is 26.2. The number of nitrogens with one attached hydrogen (secondary N) is 1. The van der Waals surface area contributed by atoms with Crippen molar-refractivity contribution in [1.29, 1.82) is 0 Å². The quantitative estimate of drug-likeness (QED) is 0.433. The van der Waals surface area contributed by atoms with Gasteiger partial charge in [0.2, 0.25) is 0 Å². The summed E-state index contributed by atoms with van der Waals surface area (Å²) in [6, 6.07) is 8.38. The lowest BCUT2D eigenvalue weighted by Crippen LogP contribution is -2.26. The minimum Gasteiger partial charge on any atom is -0.497 e. The van der Waals surface area contributed by atoms with Crippen LogP contribution in [-0.2, 0) is 12.7 Å². The summed E-state index contributed by atoms with van der Waals surface area (Å²) >= 11 is 0. The highest BCUT2D eigenvalue weighted by Gasteiger charge is 2.36. The van der Waals surface area contributed by atoms with Gasteiger partial charge in [-0.3, -0.25) is 14.3 Å². The second-order valence-electron chi connectivity index (χ2n) is 7.93. The van der Waals surface area contributed by atoms with E-state index in [2.05, 4.69) is 20.5 Å². The van der Waals surface area contributed by atoms with E-state index in [1.807, 2.05) is 0 Å². The van der Waals surface area contributed by atoms with Gasteiger partial charge in [-0.15, -0.1) is 0 Å². The number of carbonyl (C=O) groups excluding carboxylic acids is 2. The molecule has 0 aliphatic rings. The van der Waals surface area contributed by atoms with Crippen LogP contribution in [0, 0.1) is 0 Å². The normalized spacial score (nSPS) is 11.5. The van der Waals surface area contributed by atoms with Crippen LogP contribution in [0.4, 0.5) is 18.9 Å². The first-order valence-electron chi connectivity index (χ1n) is 10.7. The van der Waals surface area contributed by atoms with Crippen molar-refractivity contribution in [1.82, 2.24) is 29.3 Å². The predicted octanol–water partition coefficient (Wildman–Crippen LogP) is 3.59. The largest absolute Gasteiger partial charge is 0.497 e. The van der Waals surface area contributed by atoms with Crippen molar-refractivity contribution in [2.45, 2.75) is 19.6 Å². The molecule has 0 aliphatic heterocycles. The van der Waals surface area contributed by atoms with Crippen LogP contribution in [0.1, 0.15) is 33.6 Å². The Morgan fingerprint density at radius 3 is 2.42 bits per heavy atom. The molecular weight excluding hydrogens is 479 g/mol. The summed E-state index contributed by atoms with van der Waals surface area (Å²) < 4.78 is 48.7. The van der Waals surface area contributed by atoms with Crippen molar-refractivity contribution in [2.75, 3.05) is 26.5 Å². The Labute approximate surface area is 203 Å². The van der Waals surface area contributed by atoms with Gasteiger partial charge in [-0.2, -0.15) is 23.4 Å². The molecule has 0 atom stereocenters. The van der Waals surface area contributed by atoms with E-state index in [0.717, 1.165) is 12.1 Å². The molecule has 188 valence electrons. The monoisotopic (exact) mass is 501 g/mol. The SMILES string of the molecule is CCn1ncc(NC(=O)c2cc3nc(-c4ccc(OC)cc4)cc(C(F)(F)F)n3n2)c1C(=O)N(C)C. The van der Waals surface area contributed by atoms with E-state index in [4.69, 9.17) is 4.74 Å². The Kier molecular flexibility index (Phi) is 6.39. The second-order valence-corrected chi connectivity index (χ2v) is 7.93. The van der Waals surface area contributed by atoms with E-state index in [1.54, 1.807) is 45.3 Å². The molecule has 0 spiro atoms. The number of ether oxygens (including phenoxy) is 1. The van der Waals surface area contributed by atoms with Crippen molar-refractivity contribution in [3.05, 3.63) is 59.7 Å². The molecule has 13 heteroatoms. The highest BCUT2D eigenvalue weighted by atomic mass is 19.4. The van der Waals surface area contributed by atoms with E-state index < -0.39 is 23.7 Å². The number of methoxy groups -OCH3 is 1. The van der Waals surface area contributed by atoms with Crippen molar-refractivity contribution in [2.24, 2.45) is 0 Å². The number of aryl methyl sites for hydroxylation is 1. The third-order valence-corrected chi connectivity index (χ3v) is 5.33. The van der Waals surface area contributed by atoms with Gasteiger partial charge in [-0.1, -0.05) is 0 Å². The van der Waals surface area contributed by atoms with Gasteiger partial charge in [0.05, 0.1) is 24.7 Å². The van der Waals surface area contributed by atoms with Gasteiger partial charge in [0.1, 0.15) is 11.4 Å². The first-order valence-corrected chi connectivity index (χ1v) is 10.7. The second kappa shape index (κ2) is 9.32. The highest BCUT2D eigenvalue weighted by molar-refractivity contribution is 6.07. The summed E-state index contributed by atoms with van der Waals surface area (Å²) in [5.74, 6) is -0.675. The van der Waals surface area contributed by atoms with Crippen LogP contribution < -0.4 is 10.1 Å². The van der Waals surface area contributed by atoms with Crippen LogP contribution in [0.2, 0.25) is 0 Å². The Bertz CT molecular complexity index is 1440. The average molecular weight is 501 g/mol. The number of carbonyl (C=O) groups is 2. The summed E-state index contributed by atoms with van der Waals surface area (Å²) in [4.78, 5) is 31.1. The molecule has 0 fully saturated rings. The maximum Gasteiger partial charge on any atom is 0.433 e. The van der Waals surface area contributed by atoms with E-state index in [9.17, 15) is 22.8 Å². The van der Waals surface area contributed by atoms with E-state index in [0.29, 0.717) is 22.4 Å². The zero-order valence-corrected chi connectivity index (χ0v) is 19.8. The highest BCUT2D eigenvalue weighted by Crippen LogP contribution is 2.33.